The van der Waals surface area contributed by atoms with E-state index in [1.165, 1.54) is 11.9 Å². The Labute approximate surface area is 125 Å². The molecule has 0 aliphatic heterocycles. The van der Waals surface area contributed by atoms with E-state index in [4.69, 9.17) is 16.7 Å². The number of nitrogens with one attached hydrogen (secondary N) is 1. The number of nitrogens with zero attached hydrogens (tertiary/aromatic N) is 1. The lowest BCUT2D eigenvalue weighted by molar-refractivity contribution is -0.137. The molecule has 0 aliphatic rings. The molecule has 1 aromatic rings. The quantitative estimate of drug-likeness (QED) is 0.889. The van der Waals surface area contributed by atoms with Crippen LogP contribution in [0.5, 0.6) is 0 Å². The smallest absolute Gasteiger partial charge is 0.393 e. The molecule has 0 fully saturated rings. The molecule has 0 heterocycles. The molecule has 0 aliphatic carbocycles. The molecule has 1 rings (SSSR count). The maximum Gasteiger partial charge on any atom is 0.416 e. The number of anilines is 1. The molecule has 0 spiro atoms. The Bertz CT molecular complexity index is 507. The maximum absolute atomic E-state index is 12.5. The fourth-order valence-electron chi connectivity index (χ4n) is 1.49. The molecule has 0 bridgehead atoms. The summed E-state index contributed by atoms with van der Waals surface area (Å²) in [6, 6.07) is 2.19. The van der Waals surface area contributed by atoms with Crippen LogP contribution in [0.1, 0.15) is 18.9 Å². The Hall–Kier alpha value is -1.47. The number of hydrogen-bond acceptors (Lipinski definition) is 2. The average molecular weight is 325 g/mol. The highest BCUT2D eigenvalue weighted by Gasteiger charge is 2.31. The highest BCUT2D eigenvalue weighted by Crippen LogP contribution is 2.33. The number of urea groups is 1. The Morgan fingerprint density at radius 3 is 2.57 bits per heavy atom. The predicted octanol–water partition coefficient (Wildman–Crippen LogP) is 3.59. The maximum atomic E-state index is 12.5. The fraction of sp³-hybridized carbons (Fsp3) is 0.462. The molecule has 1 unspecified atom stereocenters. The first kappa shape index (κ1) is 17.6. The minimum Gasteiger partial charge on any atom is -0.393 e. The lowest BCUT2D eigenvalue weighted by atomic mass is 10.2. The van der Waals surface area contributed by atoms with Gasteiger partial charge in [0.1, 0.15) is 0 Å². The van der Waals surface area contributed by atoms with Crippen LogP contribution in [-0.2, 0) is 6.18 Å². The Balaban J connectivity index is 2.73. The molecule has 2 N–H and O–H groups in total. The van der Waals surface area contributed by atoms with E-state index in [2.05, 4.69) is 5.32 Å². The van der Waals surface area contributed by atoms with Gasteiger partial charge < -0.3 is 15.3 Å². The number of hydrogen-bond donors (Lipinski definition) is 2. The van der Waals surface area contributed by atoms with Gasteiger partial charge in [-0.3, -0.25) is 0 Å². The van der Waals surface area contributed by atoms with Crippen molar-refractivity contribution in [1.29, 1.82) is 0 Å². The number of amides is 2. The van der Waals surface area contributed by atoms with E-state index in [0.29, 0.717) is 13.0 Å². The normalized spacial score (nSPS) is 12.9. The van der Waals surface area contributed by atoms with Crippen molar-refractivity contribution >= 4 is 23.3 Å². The molecule has 8 heteroatoms. The van der Waals surface area contributed by atoms with Gasteiger partial charge in [-0.05, 0) is 31.5 Å². The van der Waals surface area contributed by atoms with Gasteiger partial charge in [-0.25, -0.2) is 4.79 Å². The van der Waals surface area contributed by atoms with Crippen LogP contribution in [0.25, 0.3) is 0 Å². The Kier molecular flexibility index (Phi) is 5.86. The third-order valence-electron chi connectivity index (χ3n) is 2.77. The second-order valence-corrected chi connectivity index (χ2v) is 5.09. The van der Waals surface area contributed by atoms with Crippen molar-refractivity contribution < 1.29 is 23.1 Å². The molecule has 1 atom stereocenters. The number of halogens is 4. The fourth-order valence-corrected chi connectivity index (χ4v) is 1.71. The summed E-state index contributed by atoms with van der Waals surface area (Å²) in [6.07, 6.45) is -4.64. The number of aliphatic hydroxyl groups excluding tert-OH is 1. The Morgan fingerprint density at radius 2 is 2.10 bits per heavy atom. The van der Waals surface area contributed by atoms with Gasteiger partial charge in [0.15, 0.2) is 0 Å². The summed E-state index contributed by atoms with van der Waals surface area (Å²) in [7, 11) is 1.51. The second kappa shape index (κ2) is 7.00. The van der Waals surface area contributed by atoms with Gasteiger partial charge in [-0.1, -0.05) is 11.6 Å². The summed E-state index contributed by atoms with van der Waals surface area (Å²) in [5, 5.41) is 11.4. The van der Waals surface area contributed by atoms with Gasteiger partial charge in [0.2, 0.25) is 0 Å². The first-order chi connectivity index (χ1) is 9.61. The molecule has 2 amide bonds. The predicted molar refractivity (Wildman–Crippen MR) is 74.4 cm³/mol. The molecule has 0 radical (unpaired) electrons. The van der Waals surface area contributed by atoms with Crippen LogP contribution in [0, 0.1) is 0 Å². The second-order valence-electron chi connectivity index (χ2n) is 4.68. The van der Waals surface area contributed by atoms with E-state index in [-0.39, 0.29) is 10.7 Å². The largest absolute Gasteiger partial charge is 0.416 e. The summed E-state index contributed by atoms with van der Waals surface area (Å²) in [5.74, 6) is 0. The van der Waals surface area contributed by atoms with E-state index in [1.54, 1.807) is 6.92 Å². The first-order valence-corrected chi connectivity index (χ1v) is 6.56. The van der Waals surface area contributed by atoms with Crippen molar-refractivity contribution in [2.45, 2.75) is 25.6 Å². The van der Waals surface area contributed by atoms with Crippen molar-refractivity contribution in [2.24, 2.45) is 0 Å². The standard InChI is InChI=1S/C13H16ClF3N2O2/c1-8(20)5-6-19(2)12(21)18-11-4-3-9(7-10(11)14)13(15,16)17/h3-4,7-8,20H,5-6H2,1-2H3,(H,18,21). The van der Waals surface area contributed by atoms with Crippen LogP contribution in [-0.4, -0.2) is 35.7 Å². The minimum atomic E-state index is -4.49. The molecule has 0 aromatic heterocycles. The number of carbonyl (C=O) groups is 1. The minimum absolute atomic E-state index is 0.0959. The molecule has 4 nitrogen and oxygen atoms in total. The third kappa shape index (κ3) is 5.43. The van der Waals surface area contributed by atoms with Crippen molar-refractivity contribution in [1.82, 2.24) is 4.90 Å². The van der Waals surface area contributed by atoms with Gasteiger partial charge in [0, 0.05) is 13.6 Å². The summed E-state index contributed by atoms with van der Waals surface area (Å²) < 4.78 is 37.5. The summed E-state index contributed by atoms with van der Waals surface area (Å²) in [6.45, 7) is 1.90. The van der Waals surface area contributed by atoms with E-state index in [9.17, 15) is 18.0 Å². The monoisotopic (exact) mass is 324 g/mol. The van der Waals surface area contributed by atoms with Gasteiger partial charge in [0.25, 0.3) is 0 Å². The summed E-state index contributed by atoms with van der Waals surface area (Å²) in [4.78, 5) is 13.1. The van der Waals surface area contributed by atoms with Crippen LogP contribution in [0.15, 0.2) is 18.2 Å². The first-order valence-electron chi connectivity index (χ1n) is 6.18. The highest BCUT2D eigenvalue weighted by atomic mass is 35.5. The third-order valence-corrected chi connectivity index (χ3v) is 3.08. The molecular formula is C13H16ClF3N2O2. The van der Waals surface area contributed by atoms with Crippen molar-refractivity contribution in [2.75, 3.05) is 18.9 Å². The number of alkyl halides is 3. The molecule has 21 heavy (non-hydrogen) atoms. The van der Waals surface area contributed by atoms with Crippen LogP contribution in [0.4, 0.5) is 23.7 Å². The number of carbonyl (C=O) groups excluding carboxylic acids is 1. The van der Waals surface area contributed by atoms with Crippen molar-refractivity contribution in [3.8, 4) is 0 Å². The lowest BCUT2D eigenvalue weighted by Gasteiger charge is -2.19. The van der Waals surface area contributed by atoms with Crippen LogP contribution in [0.3, 0.4) is 0 Å². The van der Waals surface area contributed by atoms with Gasteiger partial charge >= 0.3 is 12.2 Å². The van der Waals surface area contributed by atoms with Crippen LogP contribution in [0.2, 0.25) is 5.02 Å². The molecule has 0 saturated heterocycles. The van der Waals surface area contributed by atoms with E-state index in [0.717, 1.165) is 18.2 Å². The highest BCUT2D eigenvalue weighted by molar-refractivity contribution is 6.33. The van der Waals surface area contributed by atoms with Crippen LogP contribution >= 0.6 is 11.6 Å². The van der Waals surface area contributed by atoms with Crippen molar-refractivity contribution in [3.05, 3.63) is 28.8 Å². The Morgan fingerprint density at radius 1 is 1.48 bits per heavy atom. The molecule has 1 aromatic carbocycles. The zero-order valence-corrected chi connectivity index (χ0v) is 12.3. The van der Waals surface area contributed by atoms with Crippen LogP contribution < -0.4 is 5.32 Å². The number of benzene rings is 1. The number of rotatable bonds is 4. The molecule has 0 saturated carbocycles. The van der Waals surface area contributed by atoms with E-state index >= 15 is 0 Å². The summed E-state index contributed by atoms with van der Waals surface area (Å²) >= 11 is 5.74. The zero-order chi connectivity index (χ0) is 16.2. The lowest BCUT2D eigenvalue weighted by Crippen LogP contribution is -2.33. The van der Waals surface area contributed by atoms with E-state index < -0.39 is 23.9 Å². The zero-order valence-electron chi connectivity index (χ0n) is 11.5. The SMILES string of the molecule is CC(O)CCN(C)C(=O)Nc1ccc(C(F)(F)F)cc1Cl. The van der Waals surface area contributed by atoms with Gasteiger partial charge in [-0.2, -0.15) is 13.2 Å². The van der Waals surface area contributed by atoms with Crippen molar-refractivity contribution in [3.63, 3.8) is 0 Å². The summed E-state index contributed by atoms with van der Waals surface area (Å²) in [5.41, 5.74) is -0.786. The topological polar surface area (TPSA) is 52.6 Å². The van der Waals surface area contributed by atoms with E-state index in [1.807, 2.05) is 0 Å². The van der Waals surface area contributed by atoms with Gasteiger partial charge in [-0.15, -0.1) is 0 Å². The van der Waals surface area contributed by atoms with Gasteiger partial charge in [0.05, 0.1) is 22.4 Å². The average Bonchev–Trinajstić information content (AvgIpc) is 2.36. The molecular weight excluding hydrogens is 309 g/mol. The number of aliphatic hydroxyl groups is 1. The molecule has 118 valence electrons.